The quantitative estimate of drug-likeness (QED) is 0.581. The molecule has 86 valence electrons. The van der Waals surface area contributed by atoms with Gasteiger partial charge in [0.15, 0.2) is 12.3 Å². The van der Waals surface area contributed by atoms with E-state index in [1.807, 2.05) is 0 Å². The fourth-order valence-electron chi connectivity index (χ4n) is 1.94. The second kappa shape index (κ2) is 3.86. The van der Waals surface area contributed by atoms with E-state index in [0.29, 0.717) is 12.2 Å². The Bertz CT molecular complexity index is 404. The van der Waals surface area contributed by atoms with Crippen molar-refractivity contribution in [3.63, 3.8) is 0 Å². The van der Waals surface area contributed by atoms with Crippen molar-refractivity contribution in [2.45, 2.75) is 32.0 Å². The molecule has 2 saturated heterocycles. The maximum Gasteiger partial charge on any atom is 0.334 e. The smallest absolute Gasteiger partial charge is 0.334 e. The van der Waals surface area contributed by atoms with Crippen LogP contribution in [0.15, 0.2) is 11.3 Å². The SMILES string of the molecule is CC(CC=S)=C1OC2CC(=O)N2C1C(=O)O. The summed E-state index contributed by atoms with van der Waals surface area (Å²) in [6, 6.07) is -0.971. The molecular formula is C10H11NO4S. The molecule has 0 bridgehead atoms. The Morgan fingerprint density at radius 1 is 1.75 bits per heavy atom. The van der Waals surface area contributed by atoms with Crippen molar-refractivity contribution in [2.24, 2.45) is 0 Å². The molecule has 0 aromatic carbocycles. The largest absolute Gasteiger partial charge is 0.479 e. The lowest BCUT2D eigenvalue weighted by Crippen LogP contribution is -2.54. The molecule has 16 heavy (non-hydrogen) atoms. The minimum atomic E-state index is -1.06. The number of ether oxygens (including phenoxy) is 1. The predicted molar refractivity (Wildman–Crippen MR) is 58.7 cm³/mol. The third-order valence-corrected chi connectivity index (χ3v) is 2.95. The van der Waals surface area contributed by atoms with E-state index in [9.17, 15) is 9.59 Å². The van der Waals surface area contributed by atoms with Crippen LogP contribution in [0.1, 0.15) is 19.8 Å². The van der Waals surface area contributed by atoms with Crippen LogP contribution in [0.5, 0.6) is 0 Å². The van der Waals surface area contributed by atoms with Crippen LogP contribution in [0.2, 0.25) is 0 Å². The van der Waals surface area contributed by atoms with Gasteiger partial charge in [-0.2, -0.15) is 0 Å². The Kier molecular flexibility index (Phi) is 2.67. The Balaban J connectivity index is 2.33. The Labute approximate surface area is 97.7 Å². The van der Waals surface area contributed by atoms with Crippen molar-refractivity contribution in [2.75, 3.05) is 0 Å². The second-order valence-corrected chi connectivity index (χ2v) is 4.17. The molecule has 0 saturated carbocycles. The van der Waals surface area contributed by atoms with Crippen LogP contribution in [0.4, 0.5) is 0 Å². The molecule has 0 aliphatic carbocycles. The summed E-state index contributed by atoms with van der Waals surface area (Å²) in [6.07, 6.45) is 0.352. The molecular weight excluding hydrogens is 230 g/mol. The molecule has 0 radical (unpaired) electrons. The molecule has 0 aromatic heterocycles. The van der Waals surface area contributed by atoms with E-state index < -0.39 is 18.2 Å². The summed E-state index contributed by atoms with van der Waals surface area (Å²) in [6.45, 7) is 1.77. The first-order valence-corrected chi connectivity index (χ1v) is 5.37. The molecule has 6 heteroatoms. The highest BCUT2D eigenvalue weighted by Crippen LogP contribution is 2.38. The minimum absolute atomic E-state index is 0.178. The highest BCUT2D eigenvalue weighted by Gasteiger charge is 2.54. The normalized spacial score (nSPS) is 30.3. The number of carboxylic acid groups (broad SMARTS) is 1. The van der Waals surface area contributed by atoms with Gasteiger partial charge in [0, 0.05) is 6.42 Å². The third-order valence-electron chi connectivity index (χ3n) is 2.78. The average molecular weight is 241 g/mol. The molecule has 2 aliphatic rings. The first kappa shape index (κ1) is 11.1. The maximum atomic E-state index is 11.3. The number of carboxylic acids is 1. The first-order valence-electron chi connectivity index (χ1n) is 4.90. The van der Waals surface area contributed by atoms with Crippen molar-refractivity contribution in [3.8, 4) is 0 Å². The predicted octanol–water partition coefficient (Wildman–Crippen LogP) is 0.692. The van der Waals surface area contributed by atoms with Crippen molar-refractivity contribution >= 4 is 29.5 Å². The van der Waals surface area contributed by atoms with Gasteiger partial charge in [-0.1, -0.05) is 12.2 Å². The summed E-state index contributed by atoms with van der Waals surface area (Å²) in [5.41, 5.74) is 0.768. The second-order valence-electron chi connectivity index (χ2n) is 3.83. The number of carbonyl (C=O) groups is 2. The zero-order valence-corrected chi connectivity index (χ0v) is 9.49. The van der Waals surface area contributed by atoms with E-state index in [1.165, 1.54) is 10.3 Å². The van der Waals surface area contributed by atoms with Gasteiger partial charge in [-0.15, -0.1) is 0 Å². The lowest BCUT2D eigenvalue weighted by Gasteiger charge is -2.33. The number of fused-ring (bicyclic) bond motifs is 1. The van der Waals surface area contributed by atoms with E-state index in [2.05, 4.69) is 0 Å². The number of hydrogen-bond donors (Lipinski definition) is 1. The molecule has 0 spiro atoms. The molecule has 2 unspecified atom stereocenters. The molecule has 5 nitrogen and oxygen atoms in total. The Hall–Kier alpha value is -1.43. The van der Waals surface area contributed by atoms with Crippen molar-refractivity contribution < 1.29 is 19.4 Å². The number of allylic oxidation sites excluding steroid dienone is 1. The summed E-state index contributed by atoms with van der Waals surface area (Å²) in [7, 11) is 0. The Morgan fingerprint density at radius 2 is 2.44 bits per heavy atom. The van der Waals surface area contributed by atoms with E-state index in [-0.39, 0.29) is 12.3 Å². The summed E-state index contributed by atoms with van der Waals surface area (Å²) >= 11 is 4.72. The summed E-state index contributed by atoms with van der Waals surface area (Å²) in [4.78, 5) is 23.7. The van der Waals surface area contributed by atoms with Crippen molar-refractivity contribution in [1.82, 2.24) is 4.90 Å². The number of carbonyl (C=O) groups excluding carboxylic acids is 1. The number of β-lactam (4-membered cyclic amide) rings is 1. The van der Waals surface area contributed by atoms with Crippen LogP contribution in [0.25, 0.3) is 0 Å². The van der Waals surface area contributed by atoms with Crippen molar-refractivity contribution in [1.29, 1.82) is 0 Å². The number of rotatable bonds is 3. The highest BCUT2D eigenvalue weighted by molar-refractivity contribution is 7.79. The van der Waals surface area contributed by atoms with Crippen LogP contribution in [0, 0.1) is 0 Å². The van der Waals surface area contributed by atoms with E-state index in [4.69, 9.17) is 22.1 Å². The number of thiocarbonyl (C=S) groups is 1. The van der Waals surface area contributed by atoms with Crippen LogP contribution < -0.4 is 0 Å². The molecule has 2 rings (SSSR count). The molecule has 0 aromatic rings. The molecule has 1 N–H and O–H groups in total. The van der Waals surface area contributed by atoms with Gasteiger partial charge in [0.1, 0.15) is 5.76 Å². The van der Waals surface area contributed by atoms with Gasteiger partial charge >= 0.3 is 5.97 Å². The van der Waals surface area contributed by atoms with E-state index in [0.717, 1.165) is 5.57 Å². The van der Waals surface area contributed by atoms with E-state index in [1.54, 1.807) is 6.92 Å². The maximum absolute atomic E-state index is 11.3. The zero-order valence-electron chi connectivity index (χ0n) is 8.67. The number of amides is 1. The molecule has 2 atom stereocenters. The zero-order chi connectivity index (χ0) is 11.9. The van der Waals surface area contributed by atoms with E-state index >= 15 is 0 Å². The molecule has 2 aliphatic heterocycles. The van der Waals surface area contributed by atoms with Gasteiger partial charge in [-0.25, -0.2) is 4.79 Å². The minimum Gasteiger partial charge on any atom is -0.479 e. The monoisotopic (exact) mass is 241 g/mol. The van der Waals surface area contributed by atoms with Gasteiger partial charge in [0.05, 0.1) is 6.42 Å². The number of nitrogens with zero attached hydrogens (tertiary/aromatic N) is 1. The highest BCUT2D eigenvalue weighted by atomic mass is 32.1. The number of hydrogen-bond acceptors (Lipinski definition) is 4. The third kappa shape index (κ3) is 1.49. The first-order chi connectivity index (χ1) is 7.56. The topological polar surface area (TPSA) is 66.8 Å². The molecule has 2 fully saturated rings. The van der Waals surface area contributed by atoms with Crippen LogP contribution in [-0.4, -0.2) is 39.5 Å². The van der Waals surface area contributed by atoms with Crippen LogP contribution in [-0.2, 0) is 14.3 Å². The summed E-state index contributed by atoms with van der Waals surface area (Å²) in [5.74, 6) is -0.874. The van der Waals surface area contributed by atoms with Gasteiger partial charge in [-0.3, -0.25) is 9.69 Å². The van der Waals surface area contributed by atoms with Gasteiger partial charge in [0.2, 0.25) is 5.91 Å². The lowest BCUT2D eigenvalue weighted by molar-refractivity contribution is -0.163. The number of aliphatic carboxylic acids is 1. The standard InChI is InChI=1S/C10H11NO4S/c1-5(2-3-16)9-8(10(13)14)11-6(12)4-7(11)15-9/h3,7-8H,2,4H2,1H3,(H,13,14). The van der Waals surface area contributed by atoms with Crippen molar-refractivity contribution in [3.05, 3.63) is 11.3 Å². The molecule has 2 heterocycles. The van der Waals surface area contributed by atoms with Crippen LogP contribution in [0.3, 0.4) is 0 Å². The van der Waals surface area contributed by atoms with Gasteiger partial charge < -0.3 is 9.84 Å². The lowest BCUT2D eigenvalue weighted by atomic mass is 10.1. The fraction of sp³-hybridized carbons (Fsp3) is 0.500. The van der Waals surface area contributed by atoms with Gasteiger partial charge in [-0.05, 0) is 17.9 Å². The average Bonchev–Trinajstić information content (AvgIpc) is 2.51. The van der Waals surface area contributed by atoms with Crippen LogP contribution >= 0.6 is 12.2 Å². The summed E-state index contributed by atoms with van der Waals surface area (Å²) < 4.78 is 5.46. The van der Waals surface area contributed by atoms with Gasteiger partial charge in [0.25, 0.3) is 0 Å². The summed E-state index contributed by atoms with van der Waals surface area (Å²) in [5, 5.41) is 10.6. The molecule has 1 amide bonds. The fourth-order valence-corrected chi connectivity index (χ4v) is 2.19. The Morgan fingerprint density at radius 3 is 2.94 bits per heavy atom.